The molecule has 2 heteroatoms. The molecule has 0 spiro atoms. The predicted molar refractivity (Wildman–Crippen MR) is 45.1 cm³/mol. The summed E-state index contributed by atoms with van der Waals surface area (Å²) in [6, 6.07) is 0. The van der Waals surface area contributed by atoms with Gasteiger partial charge in [0.25, 0.3) is 0 Å². The standard InChI is InChI=1S/C9H15NO/c1-6(2)7(3)8-4-9(11)10-5-8/h6,8H,3-5H2,1-2H3,(H,10,11). The van der Waals surface area contributed by atoms with Crippen molar-refractivity contribution in [1.82, 2.24) is 5.32 Å². The second-order valence-corrected chi connectivity index (χ2v) is 3.43. The molecule has 0 saturated carbocycles. The molecule has 0 aromatic carbocycles. The van der Waals surface area contributed by atoms with Gasteiger partial charge in [-0.05, 0) is 5.92 Å². The van der Waals surface area contributed by atoms with Gasteiger partial charge >= 0.3 is 0 Å². The zero-order chi connectivity index (χ0) is 8.43. The van der Waals surface area contributed by atoms with Gasteiger partial charge in [-0.2, -0.15) is 0 Å². The smallest absolute Gasteiger partial charge is 0.220 e. The van der Waals surface area contributed by atoms with Crippen LogP contribution in [0.4, 0.5) is 0 Å². The van der Waals surface area contributed by atoms with Crippen LogP contribution in [0.15, 0.2) is 12.2 Å². The molecule has 1 rings (SSSR count). The van der Waals surface area contributed by atoms with Crippen molar-refractivity contribution in [3.05, 3.63) is 12.2 Å². The lowest BCUT2D eigenvalue weighted by molar-refractivity contribution is -0.119. The second-order valence-electron chi connectivity index (χ2n) is 3.43. The first kappa shape index (κ1) is 8.31. The summed E-state index contributed by atoms with van der Waals surface area (Å²) < 4.78 is 0. The van der Waals surface area contributed by atoms with E-state index in [1.54, 1.807) is 0 Å². The van der Waals surface area contributed by atoms with E-state index in [-0.39, 0.29) is 5.91 Å². The molecule has 1 atom stereocenters. The number of rotatable bonds is 2. The molecule has 2 nitrogen and oxygen atoms in total. The third-order valence-electron chi connectivity index (χ3n) is 2.24. The monoisotopic (exact) mass is 153 g/mol. The Morgan fingerprint density at radius 2 is 2.36 bits per heavy atom. The number of amides is 1. The number of hydrogen-bond acceptors (Lipinski definition) is 1. The van der Waals surface area contributed by atoms with E-state index >= 15 is 0 Å². The van der Waals surface area contributed by atoms with Crippen LogP contribution in [-0.2, 0) is 4.79 Å². The molecule has 1 amide bonds. The quantitative estimate of drug-likeness (QED) is 0.596. The van der Waals surface area contributed by atoms with Gasteiger partial charge in [-0.15, -0.1) is 0 Å². The Bertz CT molecular complexity index is 184. The Hall–Kier alpha value is -0.790. The molecule has 1 fully saturated rings. The molecule has 0 bridgehead atoms. The van der Waals surface area contributed by atoms with Gasteiger partial charge < -0.3 is 5.32 Å². The van der Waals surface area contributed by atoms with E-state index in [1.807, 2.05) is 0 Å². The fourth-order valence-corrected chi connectivity index (χ4v) is 1.34. The predicted octanol–water partition coefficient (Wildman–Crippen LogP) is 1.33. The average Bonchev–Trinajstić information content (AvgIpc) is 2.34. The highest BCUT2D eigenvalue weighted by Gasteiger charge is 2.24. The van der Waals surface area contributed by atoms with Crippen molar-refractivity contribution < 1.29 is 4.79 Å². The van der Waals surface area contributed by atoms with Gasteiger partial charge in [-0.3, -0.25) is 4.79 Å². The molecule has 62 valence electrons. The number of hydrogen-bond donors (Lipinski definition) is 1. The summed E-state index contributed by atoms with van der Waals surface area (Å²) in [4.78, 5) is 10.8. The first-order valence-electron chi connectivity index (χ1n) is 4.06. The Kier molecular flexibility index (Phi) is 2.32. The maximum Gasteiger partial charge on any atom is 0.220 e. The Balaban J connectivity index is 2.50. The van der Waals surface area contributed by atoms with Crippen molar-refractivity contribution in [2.75, 3.05) is 6.54 Å². The average molecular weight is 153 g/mol. The van der Waals surface area contributed by atoms with Gasteiger partial charge in [0.2, 0.25) is 5.91 Å². The van der Waals surface area contributed by atoms with Crippen LogP contribution in [0.25, 0.3) is 0 Å². The van der Waals surface area contributed by atoms with Crippen molar-refractivity contribution in [2.45, 2.75) is 20.3 Å². The maximum atomic E-state index is 10.8. The van der Waals surface area contributed by atoms with Crippen molar-refractivity contribution in [2.24, 2.45) is 11.8 Å². The van der Waals surface area contributed by atoms with Crippen molar-refractivity contribution in [1.29, 1.82) is 0 Å². The summed E-state index contributed by atoms with van der Waals surface area (Å²) in [5.74, 6) is 1.03. The second kappa shape index (κ2) is 3.07. The first-order valence-corrected chi connectivity index (χ1v) is 4.06. The summed E-state index contributed by atoms with van der Waals surface area (Å²) >= 11 is 0. The third-order valence-corrected chi connectivity index (χ3v) is 2.24. The van der Waals surface area contributed by atoms with Crippen LogP contribution in [0.5, 0.6) is 0 Å². The SMILES string of the molecule is C=C(C(C)C)C1CNC(=O)C1. The molecule has 1 saturated heterocycles. The minimum atomic E-state index is 0.164. The molecule has 1 aliphatic heterocycles. The number of carbonyl (C=O) groups is 1. The van der Waals surface area contributed by atoms with E-state index in [0.29, 0.717) is 18.3 Å². The summed E-state index contributed by atoms with van der Waals surface area (Å²) in [5, 5.41) is 2.81. The number of carbonyl (C=O) groups excluding carboxylic acids is 1. The molecule has 1 aliphatic rings. The highest BCUT2D eigenvalue weighted by molar-refractivity contribution is 5.78. The largest absolute Gasteiger partial charge is 0.355 e. The van der Waals surface area contributed by atoms with Crippen molar-refractivity contribution in [3.63, 3.8) is 0 Å². The molecular weight excluding hydrogens is 138 g/mol. The zero-order valence-electron chi connectivity index (χ0n) is 7.18. The van der Waals surface area contributed by atoms with Crippen LogP contribution < -0.4 is 5.32 Å². The molecule has 0 aliphatic carbocycles. The topological polar surface area (TPSA) is 29.1 Å². The molecule has 11 heavy (non-hydrogen) atoms. The van der Waals surface area contributed by atoms with Gasteiger partial charge in [0.05, 0.1) is 0 Å². The van der Waals surface area contributed by atoms with Gasteiger partial charge in [0.1, 0.15) is 0 Å². The molecule has 1 unspecified atom stereocenters. The van der Waals surface area contributed by atoms with Gasteiger partial charge in [-0.1, -0.05) is 26.0 Å². The van der Waals surface area contributed by atoms with Crippen LogP contribution in [0, 0.1) is 11.8 Å². The minimum absolute atomic E-state index is 0.164. The molecule has 0 aromatic heterocycles. The number of nitrogens with one attached hydrogen (secondary N) is 1. The molecule has 1 heterocycles. The molecule has 1 N–H and O–H groups in total. The highest BCUT2D eigenvalue weighted by atomic mass is 16.1. The summed E-state index contributed by atoms with van der Waals surface area (Å²) in [7, 11) is 0. The van der Waals surface area contributed by atoms with Crippen molar-refractivity contribution in [3.8, 4) is 0 Å². The Labute approximate surface area is 67.7 Å². The van der Waals surface area contributed by atoms with Gasteiger partial charge in [0, 0.05) is 18.9 Å². The van der Waals surface area contributed by atoms with E-state index < -0.39 is 0 Å². The maximum absolute atomic E-state index is 10.8. The van der Waals surface area contributed by atoms with E-state index in [0.717, 1.165) is 6.54 Å². The van der Waals surface area contributed by atoms with E-state index in [9.17, 15) is 4.79 Å². The third kappa shape index (κ3) is 1.82. The van der Waals surface area contributed by atoms with Crippen LogP contribution in [-0.4, -0.2) is 12.5 Å². The summed E-state index contributed by atoms with van der Waals surface area (Å²) in [5.41, 5.74) is 1.20. The normalized spacial score (nSPS) is 23.9. The van der Waals surface area contributed by atoms with Crippen LogP contribution in [0.2, 0.25) is 0 Å². The van der Waals surface area contributed by atoms with Gasteiger partial charge in [0.15, 0.2) is 0 Å². The van der Waals surface area contributed by atoms with E-state index in [2.05, 4.69) is 25.7 Å². The zero-order valence-corrected chi connectivity index (χ0v) is 7.18. The summed E-state index contributed by atoms with van der Waals surface area (Å²) in [6.07, 6.45) is 0.636. The minimum Gasteiger partial charge on any atom is -0.355 e. The van der Waals surface area contributed by atoms with E-state index in [4.69, 9.17) is 0 Å². The van der Waals surface area contributed by atoms with Crippen LogP contribution in [0.1, 0.15) is 20.3 Å². The van der Waals surface area contributed by atoms with Crippen LogP contribution >= 0.6 is 0 Å². The Morgan fingerprint density at radius 1 is 1.73 bits per heavy atom. The lowest BCUT2D eigenvalue weighted by atomic mass is 9.91. The fourth-order valence-electron chi connectivity index (χ4n) is 1.34. The van der Waals surface area contributed by atoms with E-state index in [1.165, 1.54) is 5.57 Å². The van der Waals surface area contributed by atoms with Crippen molar-refractivity contribution >= 4 is 5.91 Å². The molecule has 0 radical (unpaired) electrons. The lowest BCUT2D eigenvalue weighted by Crippen LogP contribution is -2.15. The molecular formula is C9H15NO. The molecule has 0 aromatic rings. The highest BCUT2D eigenvalue weighted by Crippen LogP contribution is 2.23. The first-order chi connectivity index (χ1) is 5.11. The Morgan fingerprint density at radius 3 is 2.73 bits per heavy atom. The fraction of sp³-hybridized carbons (Fsp3) is 0.667. The lowest BCUT2D eigenvalue weighted by Gasteiger charge is -2.14. The summed E-state index contributed by atoms with van der Waals surface area (Å²) in [6.45, 7) is 9.00. The van der Waals surface area contributed by atoms with Gasteiger partial charge in [-0.25, -0.2) is 0 Å². The van der Waals surface area contributed by atoms with Crippen LogP contribution in [0.3, 0.4) is 0 Å².